The van der Waals surface area contributed by atoms with Gasteiger partial charge >= 0.3 is 0 Å². The average molecular weight is 154 g/mol. The van der Waals surface area contributed by atoms with E-state index in [-0.39, 0.29) is 0 Å². The summed E-state index contributed by atoms with van der Waals surface area (Å²) in [6, 6.07) is 0. The van der Waals surface area contributed by atoms with Gasteiger partial charge in [-0.2, -0.15) is 0 Å². The van der Waals surface area contributed by atoms with Crippen LogP contribution in [0.2, 0.25) is 0 Å². The fraction of sp³-hybridized carbons (Fsp3) is 0.800. The number of ether oxygens (including phenoxy) is 1. The first kappa shape index (κ1) is 8.79. The second-order valence-corrected chi connectivity index (χ2v) is 3.68. The maximum Gasteiger partial charge on any atom is 0.0779 e. The van der Waals surface area contributed by atoms with Crippen molar-refractivity contribution in [2.75, 3.05) is 6.61 Å². The van der Waals surface area contributed by atoms with Gasteiger partial charge < -0.3 is 4.74 Å². The quantitative estimate of drug-likeness (QED) is 0.528. The highest BCUT2D eigenvalue weighted by molar-refractivity contribution is 4.98. The monoisotopic (exact) mass is 154 g/mol. The van der Waals surface area contributed by atoms with E-state index in [1.165, 1.54) is 18.4 Å². The lowest BCUT2D eigenvalue weighted by Gasteiger charge is -2.13. The third kappa shape index (κ3) is 2.66. The molecule has 1 saturated heterocycles. The summed E-state index contributed by atoms with van der Waals surface area (Å²) in [7, 11) is 0. The van der Waals surface area contributed by atoms with Gasteiger partial charge in [0.25, 0.3) is 0 Å². The molecule has 0 spiro atoms. The fourth-order valence-corrected chi connectivity index (χ4v) is 1.46. The van der Waals surface area contributed by atoms with Gasteiger partial charge in [0, 0.05) is 6.61 Å². The molecule has 0 bridgehead atoms. The summed E-state index contributed by atoms with van der Waals surface area (Å²) in [5, 5.41) is 0. The zero-order valence-electron chi connectivity index (χ0n) is 7.60. The lowest BCUT2D eigenvalue weighted by Crippen LogP contribution is -2.11. The predicted molar refractivity (Wildman–Crippen MR) is 47.6 cm³/mol. The van der Waals surface area contributed by atoms with E-state index in [9.17, 15) is 0 Å². The molecule has 0 radical (unpaired) electrons. The molecule has 1 fully saturated rings. The molecule has 1 aliphatic rings. The Morgan fingerprint density at radius 1 is 1.36 bits per heavy atom. The Hall–Kier alpha value is -0.300. The lowest BCUT2D eigenvalue weighted by atomic mass is 10.00. The minimum atomic E-state index is 0.333. The van der Waals surface area contributed by atoms with Crippen LogP contribution in [0.4, 0.5) is 0 Å². The van der Waals surface area contributed by atoms with Gasteiger partial charge in [-0.15, -0.1) is 0 Å². The Bertz CT molecular complexity index is 140. The summed E-state index contributed by atoms with van der Waals surface area (Å²) in [4.78, 5) is 0. The van der Waals surface area contributed by atoms with Crippen molar-refractivity contribution < 1.29 is 4.74 Å². The van der Waals surface area contributed by atoms with Crippen molar-refractivity contribution in [1.29, 1.82) is 0 Å². The molecular formula is C10H18O. The van der Waals surface area contributed by atoms with Crippen LogP contribution in [0.1, 0.15) is 33.1 Å². The van der Waals surface area contributed by atoms with Crippen molar-refractivity contribution in [1.82, 2.24) is 0 Å². The first-order valence-electron chi connectivity index (χ1n) is 4.47. The van der Waals surface area contributed by atoms with Gasteiger partial charge in [-0.05, 0) is 32.1 Å². The van der Waals surface area contributed by atoms with Crippen LogP contribution in [-0.2, 0) is 4.74 Å². The van der Waals surface area contributed by atoms with Gasteiger partial charge in [-0.3, -0.25) is 0 Å². The third-order valence-corrected chi connectivity index (χ3v) is 2.40. The predicted octanol–water partition coefficient (Wildman–Crippen LogP) is 2.77. The SMILES string of the molecule is C=C(C)C1CCC(C)CCO1. The lowest BCUT2D eigenvalue weighted by molar-refractivity contribution is 0.0830. The summed E-state index contributed by atoms with van der Waals surface area (Å²) >= 11 is 0. The van der Waals surface area contributed by atoms with Gasteiger partial charge in [0.05, 0.1) is 6.10 Å². The molecule has 2 atom stereocenters. The van der Waals surface area contributed by atoms with E-state index in [1.54, 1.807) is 0 Å². The molecule has 0 aliphatic carbocycles. The maximum atomic E-state index is 5.64. The second-order valence-electron chi connectivity index (χ2n) is 3.68. The number of rotatable bonds is 1. The average Bonchev–Trinajstić information content (AvgIpc) is 2.13. The molecule has 0 aromatic heterocycles. The van der Waals surface area contributed by atoms with Gasteiger partial charge in [-0.1, -0.05) is 19.1 Å². The van der Waals surface area contributed by atoms with E-state index < -0.39 is 0 Å². The molecule has 64 valence electrons. The van der Waals surface area contributed by atoms with Crippen molar-refractivity contribution in [3.8, 4) is 0 Å². The van der Waals surface area contributed by atoms with E-state index in [2.05, 4.69) is 20.4 Å². The first-order valence-corrected chi connectivity index (χ1v) is 4.47. The van der Waals surface area contributed by atoms with Crippen molar-refractivity contribution in [2.24, 2.45) is 5.92 Å². The Labute approximate surface area is 69.4 Å². The van der Waals surface area contributed by atoms with Crippen LogP contribution < -0.4 is 0 Å². The van der Waals surface area contributed by atoms with E-state index in [4.69, 9.17) is 4.74 Å². The minimum Gasteiger partial charge on any atom is -0.374 e. The number of hydrogen-bond acceptors (Lipinski definition) is 1. The Morgan fingerprint density at radius 2 is 2.09 bits per heavy atom. The van der Waals surface area contributed by atoms with Crippen LogP contribution in [0, 0.1) is 5.92 Å². The van der Waals surface area contributed by atoms with Crippen LogP contribution in [0.25, 0.3) is 0 Å². The highest BCUT2D eigenvalue weighted by Crippen LogP contribution is 2.21. The fourth-order valence-electron chi connectivity index (χ4n) is 1.46. The molecule has 0 amide bonds. The molecule has 1 nitrogen and oxygen atoms in total. The van der Waals surface area contributed by atoms with Crippen molar-refractivity contribution >= 4 is 0 Å². The zero-order valence-corrected chi connectivity index (χ0v) is 7.60. The van der Waals surface area contributed by atoms with Gasteiger partial charge in [-0.25, -0.2) is 0 Å². The normalized spacial score (nSPS) is 32.9. The molecule has 1 aliphatic heterocycles. The van der Waals surface area contributed by atoms with Gasteiger partial charge in [0.1, 0.15) is 0 Å². The molecule has 1 heterocycles. The van der Waals surface area contributed by atoms with Crippen LogP contribution >= 0.6 is 0 Å². The topological polar surface area (TPSA) is 9.23 Å². The standard InChI is InChI=1S/C10H18O/c1-8(2)10-5-4-9(3)6-7-11-10/h9-10H,1,4-7H2,2-3H3. The van der Waals surface area contributed by atoms with E-state index in [1.807, 2.05) is 0 Å². The number of hydrogen-bond donors (Lipinski definition) is 0. The molecule has 0 aromatic carbocycles. The summed E-state index contributed by atoms with van der Waals surface area (Å²) in [6.07, 6.45) is 4.00. The van der Waals surface area contributed by atoms with Crippen LogP contribution in [-0.4, -0.2) is 12.7 Å². The third-order valence-electron chi connectivity index (χ3n) is 2.40. The molecular weight excluding hydrogens is 136 g/mol. The largest absolute Gasteiger partial charge is 0.374 e. The maximum absolute atomic E-state index is 5.64. The molecule has 0 saturated carbocycles. The van der Waals surface area contributed by atoms with E-state index in [0.29, 0.717) is 6.10 Å². The summed E-state index contributed by atoms with van der Waals surface area (Å²) in [5.74, 6) is 0.833. The second kappa shape index (κ2) is 3.91. The van der Waals surface area contributed by atoms with Crippen LogP contribution in [0.15, 0.2) is 12.2 Å². The Kier molecular flexibility index (Phi) is 3.13. The summed E-state index contributed by atoms with van der Waals surface area (Å²) < 4.78 is 5.64. The Morgan fingerprint density at radius 3 is 2.73 bits per heavy atom. The van der Waals surface area contributed by atoms with Crippen LogP contribution in [0.5, 0.6) is 0 Å². The first-order chi connectivity index (χ1) is 5.20. The smallest absolute Gasteiger partial charge is 0.0779 e. The van der Waals surface area contributed by atoms with Gasteiger partial charge in [0.2, 0.25) is 0 Å². The highest BCUT2D eigenvalue weighted by atomic mass is 16.5. The molecule has 0 aromatic rings. The van der Waals surface area contributed by atoms with Crippen molar-refractivity contribution in [3.05, 3.63) is 12.2 Å². The van der Waals surface area contributed by atoms with Crippen LogP contribution in [0.3, 0.4) is 0 Å². The molecule has 1 heteroatoms. The summed E-state index contributed by atoms with van der Waals surface area (Å²) in [5.41, 5.74) is 1.18. The van der Waals surface area contributed by atoms with Crippen molar-refractivity contribution in [3.63, 3.8) is 0 Å². The Balaban J connectivity index is 2.40. The van der Waals surface area contributed by atoms with Crippen molar-refractivity contribution in [2.45, 2.75) is 39.2 Å². The van der Waals surface area contributed by atoms with E-state index in [0.717, 1.165) is 18.9 Å². The highest BCUT2D eigenvalue weighted by Gasteiger charge is 2.16. The molecule has 2 unspecified atom stereocenters. The summed E-state index contributed by atoms with van der Waals surface area (Å²) in [6.45, 7) is 9.19. The molecule has 1 rings (SSSR count). The van der Waals surface area contributed by atoms with E-state index >= 15 is 0 Å². The zero-order chi connectivity index (χ0) is 8.27. The molecule has 11 heavy (non-hydrogen) atoms. The minimum absolute atomic E-state index is 0.333. The molecule has 0 N–H and O–H groups in total. The van der Waals surface area contributed by atoms with Gasteiger partial charge in [0.15, 0.2) is 0 Å².